The van der Waals surface area contributed by atoms with Crippen LogP contribution in [0, 0.1) is 0 Å². The van der Waals surface area contributed by atoms with Crippen molar-refractivity contribution < 1.29 is 9.23 Å². The number of alkyl halides is 1. The van der Waals surface area contributed by atoms with Crippen LogP contribution in [0.4, 0.5) is 4.39 Å². The maximum Gasteiger partial charge on any atom is 0.207 e. The Balaban J connectivity index is 2.46. The van der Waals surface area contributed by atoms with Crippen LogP contribution < -0.4 is 5.48 Å². The lowest BCUT2D eigenvalue weighted by Gasteiger charge is -2.03. The number of nitrogens with one attached hydrogen (secondary N) is 1. The summed E-state index contributed by atoms with van der Waals surface area (Å²) >= 11 is 3.36. The molecule has 0 saturated carbocycles. The van der Waals surface area contributed by atoms with E-state index in [-0.39, 0.29) is 0 Å². The van der Waals surface area contributed by atoms with Gasteiger partial charge in [-0.2, -0.15) is 5.48 Å². The Hall–Kier alpha value is -0.450. The van der Waals surface area contributed by atoms with Gasteiger partial charge in [0.15, 0.2) is 0 Å². The molecule has 1 N–H and O–H groups in total. The van der Waals surface area contributed by atoms with Gasteiger partial charge < -0.3 is 0 Å². The van der Waals surface area contributed by atoms with E-state index in [0.29, 0.717) is 6.54 Å². The molecule has 0 saturated heterocycles. The first-order valence-electron chi connectivity index (χ1n) is 3.48. The molecule has 0 aliphatic rings. The number of rotatable bonds is 4. The molecule has 0 unspecified atom stereocenters. The highest BCUT2D eigenvalue weighted by Crippen LogP contribution is 2.14. The minimum atomic E-state index is -0.815. The number of halogens is 2. The Morgan fingerprint density at radius 3 is 2.83 bits per heavy atom. The van der Waals surface area contributed by atoms with Crippen molar-refractivity contribution in [1.82, 2.24) is 5.48 Å². The van der Waals surface area contributed by atoms with Crippen molar-refractivity contribution in [3.8, 4) is 0 Å². The lowest BCUT2D eigenvalue weighted by molar-refractivity contribution is -0.0200. The molecule has 66 valence electrons. The van der Waals surface area contributed by atoms with Gasteiger partial charge in [0.2, 0.25) is 6.86 Å². The Kier molecular flexibility index (Phi) is 4.21. The highest BCUT2D eigenvalue weighted by molar-refractivity contribution is 9.10. The van der Waals surface area contributed by atoms with Crippen LogP contribution in [-0.2, 0) is 11.4 Å². The van der Waals surface area contributed by atoms with E-state index >= 15 is 0 Å². The molecule has 0 bridgehead atoms. The van der Waals surface area contributed by atoms with Gasteiger partial charge in [-0.25, -0.2) is 4.39 Å². The smallest absolute Gasteiger partial charge is 0.207 e. The van der Waals surface area contributed by atoms with Gasteiger partial charge >= 0.3 is 0 Å². The van der Waals surface area contributed by atoms with Gasteiger partial charge in [-0.15, -0.1) is 0 Å². The third-order valence-corrected chi connectivity index (χ3v) is 2.15. The van der Waals surface area contributed by atoms with Crippen LogP contribution in [0.1, 0.15) is 5.56 Å². The van der Waals surface area contributed by atoms with Crippen LogP contribution >= 0.6 is 15.9 Å². The van der Waals surface area contributed by atoms with Crippen molar-refractivity contribution in [3.05, 3.63) is 34.3 Å². The van der Waals surface area contributed by atoms with Crippen LogP contribution in [-0.4, -0.2) is 6.86 Å². The van der Waals surface area contributed by atoms with E-state index in [2.05, 4.69) is 26.2 Å². The van der Waals surface area contributed by atoms with Crippen LogP contribution in [0.5, 0.6) is 0 Å². The number of hydrogen-bond acceptors (Lipinski definition) is 2. The maximum atomic E-state index is 11.5. The first-order valence-corrected chi connectivity index (χ1v) is 4.28. The van der Waals surface area contributed by atoms with Crippen molar-refractivity contribution >= 4 is 15.9 Å². The van der Waals surface area contributed by atoms with Crippen molar-refractivity contribution in [1.29, 1.82) is 0 Å². The maximum absolute atomic E-state index is 11.5. The first-order chi connectivity index (χ1) is 5.84. The molecule has 12 heavy (non-hydrogen) atoms. The second-order valence-corrected chi connectivity index (χ2v) is 3.02. The summed E-state index contributed by atoms with van der Waals surface area (Å²) in [6.07, 6.45) is 0. The molecule has 1 rings (SSSR count). The molecule has 0 fully saturated rings. The zero-order valence-electron chi connectivity index (χ0n) is 6.39. The van der Waals surface area contributed by atoms with E-state index in [1.165, 1.54) is 0 Å². The van der Waals surface area contributed by atoms with Crippen LogP contribution in [0.3, 0.4) is 0 Å². The molecule has 0 aliphatic heterocycles. The van der Waals surface area contributed by atoms with Crippen LogP contribution in [0.15, 0.2) is 28.7 Å². The zero-order valence-corrected chi connectivity index (χ0v) is 7.97. The monoisotopic (exact) mass is 233 g/mol. The molecule has 0 spiro atoms. The minimum Gasteiger partial charge on any atom is -0.268 e. The lowest BCUT2D eigenvalue weighted by Crippen LogP contribution is -2.13. The van der Waals surface area contributed by atoms with E-state index in [9.17, 15) is 4.39 Å². The lowest BCUT2D eigenvalue weighted by atomic mass is 10.2. The number of hydrogen-bond donors (Lipinski definition) is 1. The summed E-state index contributed by atoms with van der Waals surface area (Å²) in [4.78, 5) is 4.35. The Morgan fingerprint density at radius 1 is 1.42 bits per heavy atom. The second kappa shape index (κ2) is 5.24. The van der Waals surface area contributed by atoms with Crippen LogP contribution in [0.2, 0.25) is 0 Å². The average Bonchev–Trinajstić information content (AvgIpc) is 2.09. The molecule has 0 amide bonds. The molecular weight excluding hydrogens is 225 g/mol. The van der Waals surface area contributed by atoms with Gasteiger partial charge in [-0.3, -0.25) is 4.84 Å². The van der Waals surface area contributed by atoms with Gasteiger partial charge in [-0.05, 0) is 11.6 Å². The molecule has 0 aromatic heterocycles. The van der Waals surface area contributed by atoms with Gasteiger partial charge in [0.05, 0.1) is 0 Å². The predicted molar refractivity (Wildman–Crippen MR) is 48.0 cm³/mol. The fourth-order valence-corrected chi connectivity index (χ4v) is 1.23. The van der Waals surface area contributed by atoms with E-state index in [1.54, 1.807) is 0 Å². The Labute approximate surface area is 78.8 Å². The summed E-state index contributed by atoms with van der Waals surface area (Å²) < 4.78 is 12.5. The molecule has 1 aromatic carbocycles. The summed E-state index contributed by atoms with van der Waals surface area (Å²) in [5.41, 5.74) is 3.52. The molecule has 0 radical (unpaired) electrons. The summed E-state index contributed by atoms with van der Waals surface area (Å²) in [7, 11) is 0. The average molecular weight is 234 g/mol. The van der Waals surface area contributed by atoms with E-state index in [4.69, 9.17) is 0 Å². The quantitative estimate of drug-likeness (QED) is 0.638. The molecule has 2 nitrogen and oxygen atoms in total. The van der Waals surface area contributed by atoms with E-state index in [0.717, 1.165) is 10.0 Å². The molecule has 0 heterocycles. The third kappa shape index (κ3) is 2.89. The van der Waals surface area contributed by atoms with Crippen molar-refractivity contribution in [2.24, 2.45) is 0 Å². The summed E-state index contributed by atoms with van der Waals surface area (Å²) in [6, 6.07) is 7.69. The Bertz CT molecular complexity index is 244. The summed E-state index contributed by atoms with van der Waals surface area (Å²) in [5.74, 6) is 0. The fraction of sp³-hybridized carbons (Fsp3) is 0.250. The van der Waals surface area contributed by atoms with E-state index in [1.807, 2.05) is 24.3 Å². The highest BCUT2D eigenvalue weighted by Gasteiger charge is 1.96. The van der Waals surface area contributed by atoms with Gasteiger partial charge in [0.1, 0.15) is 0 Å². The van der Waals surface area contributed by atoms with Gasteiger partial charge in [0.25, 0.3) is 0 Å². The third-order valence-electron chi connectivity index (χ3n) is 1.38. The van der Waals surface area contributed by atoms with Gasteiger partial charge in [-0.1, -0.05) is 34.1 Å². The van der Waals surface area contributed by atoms with E-state index < -0.39 is 6.86 Å². The minimum absolute atomic E-state index is 0.491. The second-order valence-electron chi connectivity index (χ2n) is 2.17. The zero-order chi connectivity index (χ0) is 8.81. The molecule has 1 aromatic rings. The molecular formula is C8H9BrFNO. The first kappa shape index (κ1) is 9.64. The number of hydroxylamine groups is 1. The van der Waals surface area contributed by atoms with Gasteiger partial charge in [0, 0.05) is 11.0 Å². The predicted octanol–water partition coefficient (Wildman–Crippen LogP) is 2.40. The van der Waals surface area contributed by atoms with Crippen molar-refractivity contribution in [2.75, 3.05) is 6.86 Å². The summed E-state index contributed by atoms with van der Waals surface area (Å²) in [5, 5.41) is 0. The highest BCUT2D eigenvalue weighted by atomic mass is 79.9. The van der Waals surface area contributed by atoms with Crippen LogP contribution in [0.25, 0.3) is 0 Å². The van der Waals surface area contributed by atoms with Crippen molar-refractivity contribution in [3.63, 3.8) is 0 Å². The largest absolute Gasteiger partial charge is 0.268 e. The molecule has 4 heteroatoms. The molecule has 0 aliphatic carbocycles. The summed E-state index contributed by atoms with van der Waals surface area (Å²) in [6.45, 7) is -0.324. The molecule has 0 atom stereocenters. The fourth-order valence-electron chi connectivity index (χ4n) is 0.809. The Morgan fingerprint density at radius 2 is 2.17 bits per heavy atom. The SMILES string of the molecule is FCONCc1ccccc1Br. The van der Waals surface area contributed by atoms with Crippen molar-refractivity contribution in [2.45, 2.75) is 6.54 Å². The standard InChI is InChI=1S/C8H9BrFNO/c9-8-4-2-1-3-7(8)5-11-12-6-10/h1-4,11H,5-6H2. The topological polar surface area (TPSA) is 21.3 Å². The number of benzene rings is 1. The normalized spacial score (nSPS) is 10.2.